The number of aromatic nitrogens is 1. The van der Waals surface area contributed by atoms with E-state index in [1.54, 1.807) is 32.5 Å². The Hall–Kier alpha value is -2.30. The summed E-state index contributed by atoms with van der Waals surface area (Å²) in [4.78, 5) is 4.23. The van der Waals surface area contributed by atoms with Gasteiger partial charge in [-0.05, 0) is 24.6 Å². The van der Waals surface area contributed by atoms with E-state index in [4.69, 9.17) is 9.47 Å². The zero-order valence-electron chi connectivity index (χ0n) is 11.7. The van der Waals surface area contributed by atoms with Crippen molar-refractivity contribution in [1.29, 1.82) is 0 Å². The van der Waals surface area contributed by atoms with Gasteiger partial charge in [0.15, 0.2) is 11.5 Å². The molecule has 1 N–H and O–H groups in total. The van der Waals surface area contributed by atoms with Crippen molar-refractivity contribution in [2.75, 3.05) is 19.5 Å². The van der Waals surface area contributed by atoms with Crippen LogP contribution in [-0.4, -0.2) is 19.2 Å². The molecule has 0 aliphatic rings. The molecular weight excluding hydrogens is 259 g/mol. The normalized spacial score (nSPS) is 10.2. The van der Waals surface area contributed by atoms with Crippen LogP contribution in [0.1, 0.15) is 11.3 Å². The van der Waals surface area contributed by atoms with Crippen molar-refractivity contribution >= 4 is 5.69 Å². The third kappa shape index (κ3) is 2.99. The van der Waals surface area contributed by atoms with Crippen LogP contribution in [-0.2, 0) is 6.54 Å². The van der Waals surface area contributed by atoms with Crippen LogP contribution in [0.5, 0.6) is 11.5 Å². The molecule has 0 saturated heterocycles. The van der Waals surface area contributed by atoms with Crippen molar-refractivity contribution in [3.63, 3.8) is 0 Å². The molecule has 0 unspecified atom stereocenters. The molecule has 0 aliphatic carbocycles. The number of pyridine rings is 1. The highest BCUT2D eigenvalue weighted by Crippen LogP contribution is 2.29. The molecule has 106 valence electrons. The average Bonchev–Trinajstić information content (AvgIpc) is 2.45. The minimum absolute atomic E-state index is 0.285. The van der Waals surface area contributed by atoms with Gasteiger partial charge in [0.05, 0.1) is 26.5 Å². The molecule has 0 radical (unpaired) electrons. The Labute approximate surface area is 117 Å². The molecule has 1 heterocycles. The molecule has 0 amide bonds. The van der Waals surface area contributed by atoms with E-state index in [-0.39, 0.29) is 5.82 Å². The second-order valence-corrected chi connectivity index (χ2v) is 4.33. The van der Waals surface area contributed by atoms with Gasteiger partial charge in [0, 0.05) is 12.3 Å². The SMILES string of the molecule is COc1ccnc(CNc2ccc(C)cc2F)c1OC. The number of hydrogen-bond acceptors (Lipinski definition) is 4. The molecule has 2 rings (SSSR count). The standard InChI is InChI=1S/C15H17FN2O2/c1-10-4-5-12(11(16)8-10)18-9-13-15(20-3)14(19-2)6-7-17-13/h4-8,18H,9H2,1-3H3. The van der Waals surface area contributed by atoms with Gasteiger partial charge in [-0.15, -0.1) is 0 Å². The summed E-state index contributed by atoms with van der Waals surface area (Å²) in [5.74, 6) is 0.866. The quantitative estimate of drug-likeness (QED) is 0.911. The van der Waals surface area contributed by atoms with E-state index in [2.05, 4.69) is 10.3 Å². The fourth-order valence-electron chi connectivity index (χ4n) is 1.92. The predicted octanol–water partition coefficient (Wildman–Crippen LogP) is 3.16. The maximum atomic E-state index is 13.7. The molecule has 0 spiro atoms. The first kappa shape index (κ1) is 14.1. The Bertz CT molecular complexity index is 602. The number of halogens is 1. The second kappa shape index (κ2) is 6.23. The first-order chi connectivity index (χ1) is 9.65. The van der Waals surface area contributed by atoms with E-state index < -0.39 is 0 Å². The highest BCUT2D eigenvalue weighted by atomic mass is 19.1. The fourth-order valence-corrected chi connectivity index (χ4v) is 1.92. The number of nitrogens with zero attached hydrogens (tertiary/aromatic N) is 1. The number of nitrogens with one attached hydrogen (secondary N) is 1. The summed E-state index contributed by atoms with van der Waals surface area (Å²) in [7, 11) is 3.12. The number of anilines is 1. The molecule has 0 bridgehead atoms. The topological polar surface area (TPSA) is 43.4 Å². The first-order valence-corrected chi connectivity index (χ1v) is 6.21. The van der Waals surface area contributed by atoms with Gasteiger partial charge >= 0.3 is 0 Å². The van der Waals surface area contributed by atoms with E-state index in [9.17, 15) is 4.39 Å². The van der Waals surface area contributed by atoms with Gasteiger partial charge in [-0.3, -0.25) is 4.98 Å². The summed E-state index contributed by atoms with van der Waals surface area (Å²) in [6, 6.07) is 6.76. The summed E-state index contributed by atoms with van der Waals surface area (Å²) in [6.45, 7) is 2.19. The van der Waals surface area contributed by atoms with Crippen LogP contribution in [0.15, 0.2) is 30.5 Å². The monoisotopic (exact) mass is 276 g/mol. The van der Waals surface area contributed by atoms with Crippen molar-refractivity contribution in [2.45, 2.75) is 13.5 Å². The summed E-state index contributed by atoms with van der Waals surface area (Å²) in [5, 5.41) is 3.01. The summed E-state index contributed by atoms with van der Waals surface area (Å²) in [5.41, 5.74) is 1.97. The maximum Gasteiger partial charge on any atom is 0.184 e. The lowest BCUT2D eigenvalue weighted by atomic mass is 10.2. The van der Waals surface area contributed by atoms with Gasteiger partial charge in [0.1, 0.15) is 11.5 Å². The molecule has 0 aliphatic heterocycles. The smallest absolute Gasteiger partial charge is 0.184 e. The Morgan fingerprint density at radius 1 is 1.20 bits per heavy atom. The van der Waals surface area contributed by atoms with Crippen molar-refractivity contribution in [3.05, 3.63) is 47.5 Å². The zero-order chi connectivity index (χ0) is 14.5. The third-order valence-electron chi connectivity index (χ3n) is 2.94. The lowest BCUT2D eigenvalue weighted by Gasteiger charge is -2.13. The van der Waals surface area contributed by atoms with Gasteiger partial charge in [-0.2, -0.15) is 0 Å². The number of rotatable bonds is 5. The molecule has 1 aromatic heterocycles. The van der Waals surface area contributed by atoms with Crippen LogP contribution < -0.4 is 14.8 Å². The summed E-state index contributed by atoms with van der Waals surface area (Å²) < 4.78 is 24.2. The van der Waals surface area contributed by atoms with Crippen LogP contribution in [0, 0.1) is 12.7 Å². The second-order valence-electron chi connectivity index (χ2n) is 4.33. The molecular formula is C15H17FN2O2. The summed E-state index contributed by atoms with van der Waals surface area (Å²) >= 11 is 0. The van der Waals surface area contributed by atoms with E-state index in [1.165, 1.54) is 6.07 Å². The molecule has 2 aromatic rings. The van der Waals surface area contributed by atoms with Crippen molar-refractivity contribution in [2.24, 2.45) is 0 Å². The van der Waals surface area contributed by atoms with E-state index in [1.807, 2.05) is 13.0 Å². The zero-order valence-corrected chi connectivity index (χ0v) is 11.7. The number of benzene rings is 1. The van der Waals surface area contributed by atoms with Gasteiger partial charge < -0.3 is 14.8 Å². The molecule has 0 fully saturated rings. The van der Waals surface area contributed by atoms with Crippen LogP contribution in [0.2, 0.25) is 0 Å². The van der Waals surface area contributed by atoms with Crippen LogP contribution >= 0.6 is 0 Å². The molecule has 4 nitrogen and oxygen atoms in total. The van der Waals surface area contributed by atoms with Crippen LogP contribution in [0.3, 0.4) is 0 Å². The fraction of sp³-hybridized carbons (Fsp3) is 0.267. The number of methoxy groups -OCH3 is 2. The maximum absolute atomic E-state index is 13.7. The first-order valence-electron chi connectivity index (χ1n) is 6.21. The minimum atomic E-state index is -0.285. The Balaban J connectivity index is 2.18. The number of hydrogen-bond donors (Lipinski definition) is 1. The number of aryl methyl sites for hydroxylation is 1. The van der Waals surface area contributed by atoms with Gasteiger partial charge in [0.2, 0.25) is 0 Å². The molecule has 1 aromatic carbocycles. The molecule has 5 heteroatoms. The van der Waals surface area contributed by atoms with E-state index in [0.717, 1.165) is 5.56 Å². The molecule has 0 atom stereocenters. The van der Waals surface area contributed by atoms with Crippen LogP contribution in [0.25, 0.3) is 0 Å². The van der Waals surface area contributed by atoms with Gasteiger partial charge in [-0.1, -0.05) is 6.07 Å². The lowest BCUT2D eigenvalue weighted by Crippen LogP contribution is -2.06. The van der Waals surface area contributed by atoms with Gasteiger partial charge in [0.25, 0.3) is 0 Å². The van der Waals surface area contributed by atoms with Crippen molar-refractivity contribution in [3.8, 4) is 11.5 Å². The Morgan fingerprint density at radius 2 is 2.00 bits per heavy atom. The summed E-state index contributed by atoms with van der Waals surface area (Å²) in [6.07, 6.45) is 1.63. The van der Waals surface area contributed by atoms with Gasteiger partial charge in [-0.25, -0.2) is 4.39 Å². The highest BCUT2D eigenvalue weighted by molar-refractivity contribution is 5.49. The Kier molecular flexibility index (Phi) is 4.40. The Morgan fingerprint density at radius 3 is 2.65 bits per heavy atom. The minimum Gasteiger partial charge on any atom is -0.493 e. The number of ether oxygens (including phenoxy) is 2. The predicted molar refractivity (Wildman–Crippen MR) is 75.8 cm³/mol. The van der Waals surface area contributed by atoms with Crippen molar-refractivity contribution < 1.29 is 13.9 Å². The van der Waals surface area contributed by atoms with E-state index in [0.29, 0.717) is 29.4 Å². The largest absolute Gasteiger partial charge is 0.493 e. The molecule has 0 saturated carbocycles. The third-order valence-corrected chi connectivity index (χ3v) is 2.94. The average molecular weight is 276 g/mol. The van der Waals surface area contributed by atoms with E-state index >= 15 is 0 Å². The highest BCUT2D eigenvalue weighted by Gasteiger charge is 2.11. The van der Waals surface area contributed by atoms with Crippen molar-refractivity contribution in [1.82, 2.24) is 4.98 Å². The van der Waals surface area contributed by atoms with Crippen LogP contribution in [0.4, 0.5) is 10.1 Å². The molecule has 20 heavy (non-hydrogen) atoms. The lowest BCUT2D eigenvalue weighted by molar-refractivity contribution is 0.350.